The van der Waals surface area contributed by atoms with E-state index in [0.29, 0.717) is 13.1 Å². The van der Waals surface area contributed by atoms with Gasteiger partial charge in [0.1, 0.15) is 0 Å². The molecule has 0 saturated heterocycles. The molecule has 1 aromatic rings. The van der Waals surface area contributed by atoms with Gasteiger partial charge >= 0.3 is 6.61 Å². The molecule has 2 N–H and O–H groups in total. The van der Waals surface area contributed by atoms with Gasteiger partial charge in [0.2, 0.25) is 0 Å². The Labute approximate surface area is 116 Å². The summed E-state index contributed by atoms with van der Waals surface area (Å²) in [7, 11) is 1.40. The number of alkyl halides is 2. The second-order valence-corrected chi connectivity index (χ2v) is 5.05. The van der Waals surface area contributed by atoms with E-state index in [4.69, 9.17) is 4.74 Å². The number of aliphatic hydroxyl groups is 1. The van der Waals surface area contributed by atoms with Crippen molar-refractivity contribution in [2.45, 2.75) is 38.0 Å². The van der Waals surface area contributed by atoms with E-state index in [9.17, 15) is 13.9 Å². The van der Waals surface area contributed by atoms with Crippen LogP contribution in [0.3, 0.4) is 0 Å². The van der Waals surface area contributed by atoms with Gasteiger partial charge in [0, 0.05) is 13.1 Å². The summed E-state index contributed by atoms with van der Waals surface area (Å²) < 4.78 is 34.0. The zero-order chi connectivity index (χ0) is 14.6. The number of hydrogen-bond donors (Lipinski definition) is 2. The summed E-state index contributed by atoms with van der Waals surface area (Å²) in [5, 5.41) is 13.1. The first-order valence-corrected chi connectivity index (χ1v) is 6.57. The highest BCUT2D eigenvalue weighted by molar-refractivity contribution is 5.43. The van der Waals surface area contributed by atoms with Gasteiger partial charge in [-0.15, -0.1) is 0 Å². The van der Waals surface area contributed by atoms with Crippen molar-refractivity contribution >= 4 is 0 Å². The Hall–Kier alpha value is -1.40. The van der Waals surface area contributed by atoms with Crippen molar-refractivity contribution in [1.82, 2.24) is 5.32 Å². The normalized spacial score (nSPS) is 16.9. The predicted molar refractivity (Wildman–Crippen MR) is 70.1 cm³/mol. The fourth-order valence-electron chi connectivity index (χ4n) is 2.22. The van der Waals surface area contributed by atoms with E-state index >= 15 is 0 Å². The highest BCUT2D eigenvalue weighted by Crippen LogP contribution is 2.31. The number of benzene rings is 1. The number of nitrogens with one attached hydrogen (secondary N) is 1. The van der Waals surface area contributed by atoms with E-state index in [0.717, 1.165) is 24.8 Å². The quantitative estimate of drug-likeness (QED) is 0.808. The molecule has 112 valence electrons. The summed E-state index contributed by atoms with van der Waals surface area (Å²) in [5.41, 5.74) is 0.193. The van der Waals surface area contributed by atoms with Crippen molar-refractivity contribution < 1.29 is 23.4 Å². The van der Waals surface area contributed by atoms with Gasteiger partial charge in [-0.3, -0.25) is 0 Å². The molecule has 6 heteroatoms. The van der Waals surface area contributed by atoms with Crippen LogP contribution in [0.25, 0.3) is 0 Å². The van der Waals surface area contributed by atoms with Crippen LogP contribution in [0, 0.1) is 0 Å². The van der Waals surface area contributed by atoms with Crippen LogP contribution < -0.4 is 14.8 Å². The molecule has 0 unspecified atom stereocenters. The zero-order valence-corrected chi connectivity index (χ0v) is 11.4. The van der Waals surface area contributed by atoms with Crippen LogP contribution >= 0.6 is 0 Å². The van der Waals surface area contributed by atoms with E-state index in [2.05, 4.69) is 10.1 Å². The van der Waals surface area contributed by atoms with Crippen LogP contribution in [-0.4, -0.2) is 31.0 Å². The third kappa shape index (κ3) is 3.80. The lowest BCUT2D eigenvalue weighted by Gasteiger charge is -2.36. The van der Waals surface area contributed by atoms with Crippen LogP contribution in [0.1, 0.15) is 24.8 Å². The number of hydrogen-bond acceptors (Lipinski definition) is 4. The van der Waals surface area contributed by atoms with Gasteiger partial charge in [0.05, 0.1) is 12.7 Å². The molecule has 0 aliphatic heterocycles. The van der Waals surface area contributed by atoms with Gasteiger partial charge in [-0.2, -0.15) is 8.78 Å². The minimum Gasteiger partial charge on any atom is -0.493 e. The molecule has 20 heavy (non-hydrogen) atoms. The Morgan fingerprint density at radius 2 is 2.10 bits per heavy atom. The highest BCUT2D eigenvalue weighted by Gasteiger charge is 2.33. The molecule has 1 fully saturated rings. The molecule has 0 bridgehead atoms. The summed E-state index contributed by atoms with van der Waals surface area (Å²) in [6.45, 7) is -1.90. The van der Waals surface area contributed by atoms with Crippen LogP contribution in [0.2, 0.25) is 0 Å². The maximum Gasteiger partial charge on any atom is 0.387 e. The Morgan fingerprint density at radius 1 is 1.35 bits per heavy atom. The van der Waals surface area contributed by atoms with Crippen LogP contribution in [-0.2, 0) is 6.54 Å². The van der Waals surface area contributed by atoms with Gasteiger partial charge in [0.15, 0.2) is 11.5 Å². The van der Waals surface area contributed by atoms with E-state index in [-0.39, 0.29) is 11.5 Å². The predicted octanol–water partition coefficient (Wildman–Crippen LogP) is 2.30. The molecule has 1 aliphatic carbocycles. The molecule has 1 aromatic carbocycles. The summed E-state index contributed by atoms with van der Waals surface area (Å²) in [6.07, 6.45) is 2.66. The monoisotopic (exact) mass is 287 g/mol. The van der Waals surface area contributed by atoms with Crippen molar-refractivity contribution in [3.05, 3.63) is 23.8 Å². The summed E-state index contributed by atoms with van der Waals surface area (Å²) in [5.74, 6) is 0.288. The SMILES string of the molecule is COc1ccc(CNCC2(O)CCC2)cc1OC(F)F. The topological polar surface area (TPSA) is 50.7 Å². The molecule has 2 rings (SSSR count). The average Bonchev–Trinajstić information content (AvgIpc) is 2.36. The van der Waals surface area contributed by atoms with Crippen molar-refractivity contribution in [3.8, 4) is 11.5 Å². The first-order chi connectivity index (χ1) is 9.52. The zero-order valence-electron chi connectivity index (χ0n) is 11.4. The molecular weight excluding hydrogens is 268 g/mol. The fourth-order valence-corrected chi connectivity index (χ4v) is 2.22. The Kier molecular flexibility index (Phi) is 4.77. The highest BCUT2D eigenvalue weighted by atomic mass is 19.3. The molecule has 0 atom stereocenters. The summed E-state index contributed by atoms with van der Waals surface area (Å²) >= 11 is 0. The minimum atomic E-state index is -2.89. The van der Waals surface area contributed by atoms with E-state index in [1.807, 2.05) is 0 Å². The molecular formula is C14H19F2NO3. The summed E-state index contributed by atoms with van der Waals surface area (Å²) in [6, 6.07) is 4.88. The second kappa shape index (κ2) is 6.37. The Balaban J connectivity index is 1.93. The number of rotatable bonds is 7. The number of ether oxygens (including phenoxy) is 2. The standard InChI is InChI=1S/C14H19F2NO3/c1-19-11-4-3-10(7-12(11)20-13(15)16)8-17-9-14(18)5-2-6-14/h3-4,7,13,17-18H,2,5-6,8-9H2,1H3. The third-order valence-corrected chi connectivity index (χ3v) is 3.51. The van der Waals surface area contributed by atoms with Crippen LogP contribution in [0.15, 0.2) is 18.2 Å². The lowest BCUT2D eigenvalue weighted by atomic mass is 9.80. The fraction of sp³-hybridized carbons (Fsp3) is 0.571. The third-order valence-electron chi connectivity index (χ3n) is 3.51. The maximum atomic E-state index is 12.3. The van der Waals surface area contributed by atoms with Gasteiger partial charge in [0.25, 0.3) is 0 Å². The molecule has 0 radical (unpaired) electrons. The van der Waals surface area contributed by atoms with Crippen LogP contribution in [0.4, 0.5) is 8.78 Å². The van der Waals surface area contributed by atoms with E-state index in [1.165, 1.54) is 13.2 Å². The Morgan fingerprint density at radius 3 is 2.65 bits per heavy atom. The summed E-state index contributed by atoms with van der Waals surface area (Å²) in [4.78, 5) is 0. The largest absolute Gasteiger partial charge is 0.493 e. The van der Waals surface area contributed by atoms with E-state index in [1.54, 1.807) is 12.1 Å². The first-order valence-electron chi connectivity index (χ1n) is 6.57. The molecule has 1 saturated carbocycles. The molecule has 0 aromatic heterocycles. The van der Waals surface area contributed by atoms with Crippen molar-refractivity contribution in [2.75, 3.05) is 13.7 Å². The van der Waals surface area contributed by atoms with Crippen molar-refractivity contribution in [1.29, 1.82) is 0 Å². The Bertz CT molecular complexity index is 450. The minimum absolute atomic E-state index is 0.0177. The van der Waals surface area contributed by atoms with E-state index < -0.39 is 12.2 Å². The molecule has 0 heterocycles. The van der Waals surface area contributed by atoms with Gasteiger partial charge in [-0.1, -0.05) is 6.07 Å². The molecule has 4 nitrogen and oxygen atoms in total. The molecule has 0 spiro atoms. The average molecular weight is 287 g/mol. The lowest BCUT2D eigenvalue weighted by Crippen LogP contribution is -2.45. The van der Waals surface area contributed by atoms with Crippen molar-refractivity contribution in [2.24, 2.45) is 0 Å². The van der Waals surface area contributed by atoms with Crippen LogP contribution in [0.5, 0.6) is 11.5 Å². The van der Waals surface area contributed by atoms with Gasteiger partial charge in [-0.05, 0) is 37.0 Å². The number of methoxy groups -OCH3 is 1. The number of halogens is 2. The second-order valence-electron chi connectivity index (χ2n) is 5.05. The first kappa shape index (κ1) is 15.0. The van der Waals surface area contributed by atoms with Gasteiger partial charge < -0.3 is 19.9 Å². The smallest absolute Gasteiger partial charge is 0.387 e. The molecule has 0 amide bonds. The van der Waals surface area contributed by atoms with Crippen molar-refractivity contribution in [3.63, 3.8) is 0 Å². The lowest BCUT2D eigenvalue weighted by molar-refractivity contribution is -0.0512. The van der Waals surface area contributed by atoms with Gasteiger partial charge in [-0.25, -0.2) is 0 Å². The molecule has 1 aliphatic rings. The maximum absolute atomic E-state index is 12.3.